The zero-order valence-electron chi connectivity index (χ0n) is 8.76. The standard InChI is InChI=1S/C11H9Br2ClN2/c1-6-10(13)11(16(2)15-6)8-5-7(12)3-4-9(8)14/h3-5H,1-2H3. The molecule has 0 aliphatic heterocycles. The van der Waals surface area contributed by atoms with Crippen molar-refractivity contribution < 1.29 is 0 Å². The number of aromatic nitrogens is 2. The largest absolute Gasteiger partial charge is 0.266 e. The van der Waals surface area contributed by atoms with Gasteiger partial charge in [0.05, 0.1) is 20.9 Å². The van der Waals surface area contributed by atoms with Crippen LogP contribution in [0.3, 0.4) is 0 Å². The first-order valence-corrected chi connectivity index (χ1v) is 6.61. The highest BCUT2D eigenvalue weighted by molar-refractivity contribution is 9.11. The molecule has 16 heavy (non-hydrogen) atoms. The Morgan fingerprint density at radius 2 is 2.00 bits per heavy atom. The zero-order valence-corrected chi connectivity index (χ0v) is 12.7. The van der Waals surface area contributed by atoms with Crippen molar-refractivity contribution in [3.8, 4) is 11.3 Å². The monoisotopic (exact) mass is 362 g/mol. The number of halogens is 3. The summed E-state index contributed by atoms with van der Waals surface area (Å²) in [6.45, 7) is 1.96. The van der Waals surface area contributed by atoms with Gasteiger partial charge in [0.15, 0.2) is 0 Å². The summed E-state index contributed by atoms with van der Waals surface area (Å²) in [6, 6.07) is 5.78. The van der Waals surface area contributed by atoms with E-state index in [2.05, 4.69) is 37.0 Å². The molecule has 0 bridgehead atoms. The summed E-state index contributed by atoms with van der Waals surface area (Å²) in [5, 5.41) is 5.07. The predicted molar refractivity (Wildman–Crippen MR) is 73.8 cm³/mol. The van der Waals surface area contributed by atoms with Gasteiger partial charge in [0.2, 0.25) is 0 Å². The Bertz CT molecular complexity index is 549. The van der Waals surface area contributed by atoms with Crippen LogP contribution < -0.4 is 0 Å². The van der Waals surface area contributed by atoms with Gasteiger partial charge in [-0.25, -0.2) is 0 Å². The topological polar surface area (TPSA) is 17.8 Å². The van der Waals surface area contributed by atoms with Crippen LogP contribution in [-0.2, 0) is 7.05 Å². The number of hydrogen-bond donors (Lipinski definition) is 0. The lowest BCUT2D eigenvalue weighted by molar-refractivity contribution is 0.764. The van der Waals surface area contributed by atoms with Crippen molar-refractivity contribution in [2.75, 3.05) is 0 Å². The third-order valence-corrected chi connectivity index (χ3v) is 4.10. The molecule has 1 heterocycles. The van der Waals surface area contributed by atoms with Crippen molar-refractivity contribution in [2.24, 2.45) is 7.05 Å². The van der Waals surface area contributed by atoms with Crippen LogP contribution >= 0.6 is 43.5 Å². The van der Waals surface area contributed by atoms with Crippen molar-refractivity contribution in [1.29, 1.82) is 0 Å². The van der Waals surface area contributed by atoms with Crippen molar-refractivity contribution >= 4 is 43.5 Å². The average Bonchev–Trinajstić information content (AvgIpc) is 2.46. The molecule has 1 aromatic heterocycles. The number of nitrogens with zero attached hydrogens (tertiary/aromatic N) is 2. The summed E-state index contributed by atoms with van der Waals surface area (Å²) in [5.74, 6) is 0. The molecule has 0 fully saturated rings. The van der Waals surface area contributed by atoms with Crippen molar-refractivity contribution in [3.63, 3.8) is 0 Å². The minimum absolute atomic E-state index is 0.715. The molecule has 0 amide bonds. The Kier molecular flexibility index (Phi) is 3.42. The van der Waals surface area contributed by atoms with Crippen LogP contribution in [0.25, 0.3) is 11.3 Å². The van der Waals surface area contributed by atoms with Gasteiger partial charge >= 0.3 is 0 Å². The van der Waals surface area contributed by atoms with Gasteiger partial charge in [0, 0.05) is 17.1 Å². The molecule has 0 spiro atoms. The molecule has 0 saturated carbocycles. The van der Waals surface area contributed by atoms with E-state index in [1.54, 1.807) is 0 Å². The van der Waals surface area contributed by atoms with Gasteiger partial charge in [-0.1, -0.05) is 27.5 Å². The second kappa shape index (κ2) is 4.51. The van der Waals surface area contributed by atoms with Gasteiger partial charge in [0.1, 0.15) is 0 Å². The van der Waals surface area contributed by atoms with Crippen molar-refractivity contribution in [1.82, 2.24) is 9.78 Å². The number of aryl methyl sites for hydroxylation is 2. The lowest BCUT2D eigenvalue weighted by Crippen LogP contribution is -1.94. The van der Waals surface area contributed by atoms with Crippen LogP contribution in [0.15, 0.2) is 27.1 Å². The summed E-state index contributed by atoms with van der Waals surface area (Å²) in [4.78, 5) is 0. The Labute approximate surface area is 116 Å². The lowest BCUT2D eigenvalue weighted by Gasteiger charge is -2.06. The maximum atomic E-state index is 6.20. The molecule has 2 aromatic rings. The first-order valence-electron chi connectivity index (χ1n) is 4.65. The van der Waals surface area contributed by atoms with Gasteiger partial charge in [-0.05, 0) is 41.1 Å². The van der Waals surface area contributed by atoms with Crippen molar-refractivity contribution in [3.05, 3.63) is 37.9 Å². The molecule has 2 nitrogen and oxygen atoms in total. The van der Waals surface area contributed by atoms with E-state index >= 15 is 0 Å². The van der Waals surface area contributed by atoms with Crippen molar-refractivity contribution in [2.45, 2.75) is 6.92 Å². The van der Waals surface area contributed by atoms with Crippen LogP contribution in [0.1, 0.15) is 5.69 Å². The predicted octanol–water partition coefficient (Wildman–Crippen LogP) is 4.57. The third-order valence-electron chi connectivity index (χ3n) is 2.33. The Morgan fingerprint density at radius 1 is 1.31 bits per heavy atom. The molecule has 1 aromatic carbocycles. The summed E-state index contributed by atoms with van der Waals surface area (Å²) in [6.07, 6.45) is 0. The Morgan fingerprint density at radius 3 is 2.56 bits per heavy atom. The Balaban J connectivity index is 2.71. The average molecular weight is 364 g/mol. The zero-order chi connectivity index (χ0) is 11.9. The normalized spacial score (nSPS) is 10.8. The van der Waals surface area contributed by atoms with Crippen LogP contribution in [-0.4, -0.2) is 9.78 Å². The highest BCUT2D eigenvalue weighted by Gasteiger charge is 2.15. The lowest BCUT2D eigenvalue weighted by atomic mass is 10.1. The Hall–Kier alpha value is -0.320. The van der Waals surface area contributed by atoms with E-state index in [-0.39, 0.29) is 0 Å². The number of benzene rings is 1. The van der Waals surface area contributed by atoms with Gasteiger partial charge in [-0.2, -0.15) is 5.10 Å². The number of rotatable bonds is 1. The first kappa shape index (κ1) is 12.1. The van der Waals surface area contributed by atoms with E-state index < -0.39 is 0 Å². The molecule has 0 radical (unpaired) electrons. The second-order valence-corrected chi connectivity index (χ2v) is 5.61. The minimum Gasteiger partial charge on any atom is -0.266 e. The van der Waals surface area contributed by atoms with E-state index in [1.807, 2.05) is 36.9 Å². The second-order valence-electron chi connectivity index (χ2n) is 3.50. The fourth-order valence-electron chi connectivity index (χ4n) is 1.60. The molecule has 0 atom stereocenters. The van der Waals surface area contributed by atoms with Gasteiger partial charge in [0.25, 0.3) is 0 Å². The molecular weight excluding hydrogens is 355 g/mol. The first-order chi connectivity index (χ1) is 7.50. The molecule has 5 heteroatoms. The molecule has 0 saturated heterocycles. The summed E-state index contributed by atoms with van der Waals surface area (Å²) >= 11 is 13.2. The van der Waals surface area contributed by atoms with Crippen LogP contribution in [0.5, 0.6) is 0 Å². The van der Waals surface area contributed by atoms with Gasteiger partial charge < -0.3 is 0 Å². The summed E-state index contributed by atoms with van der Waals surface area (Å²) in [7, 11) is 1.91. The molecular formula is C11H9Br2ClN2. The van der Waals surface area contributed by atoms with Crippen LogP contribution in [0, 0.1) is 6.92 Å². The SMILES string of the molecule is Cc1nn(C)c(-c2cc(Br)ccc2Cl)c1Br. The number of hydrogen-bond acceptors (Lipinski definition) is 1. The third kappa shape index (κ3) is 2.06. The van der Waals surface area contributed by atoms with E-state index in [0.29, 0.717) is 5.02 Å². The fraction of sp³-hybridized carbons (Fsp3) is 0.182. The highest BCUT2D eigenvalue weighted by atomic mass is 79.9. The maximum Gasteiger partial charge on any atom is 0.0839 e. The van der Waals surface area contributed by atoms with E-state index in [4.69, 9.17) is 11.6 Å². The van der Waals surface area contributed by atoms with Gasteiger partial charge in [-0.15, -0.1) is 0 Å². The minimum atomic E-state index is 0.715. The van der Waals surface area contributed by atoms with E-state index in [9.17, 15) is 0 Å². The molecule has 84 valence electrons. The molecule has 0 N–H and O–H groups in total. The molecule has 0 aliphatic carbocycles. The maximum absolute atomic E-state index is 6.20. The summed E-state index contributed by atoms with van der Waals surface area (Å²) < 4.78 is 3.81. The van der Waals surface area contributed by atoms with E-state index in [0.717, 1.165) is 25.9 Å². The quantitative estimate of drug-likeness (QED) is 0.725. The molecule has 0 unspecified atom stereocenters. The highest BCUT2D eigenvalue weighted by Crippen LogP contribution is 2.36. The van der Waals surface area contributed by atoms with Crippen LogP contribution in [0.2, 0.25) is 5.02 Å². The molecule has 2 rings (SSSR count). The van der Waals surface area contributed by atoms with Gasteiger partial charge in [-0.3, -0.25) is 4.68 Å². The van der Waals surface area contributed by atoms with E-state index in [1.165, 1.54) is 0 Å². The summed E-state index contributed by atoms with van der Waals surface area (Å²) in [5.41, 5.74) is 2.91. The fourth-order valence-corrected chi connectivity index (χ4v) is 2.72. The van der Waals surface area contributed by atoms with Crippen LogP contribution in [0.4, 0.5) is 0 Å². The molecule has 0 aliphatic rings. The smallest absolute Gasteiger partial charge is 0.0839 e.